The Morgan fingerprint density at radius 1 is 1.32 bits per heavy atom. The Morgan fingerprint density at radius 3 is 2.59 bits per heavy atom. The van der Waals surface area contributed by atoms with Crippen molar-refractivity contribution < 1.29 is 18.3 Å². The Labute approximate surface area is 137 Å². The van der Waals surface area contributed by atoms with E-state index in [1.54, 1.807) is 18.4 Å². The molecule has 8 heteroatoms. The van der Waals surface area contributed by atoms with Crippen molar-refractivity contribution in [1.82, 2.24) is 0 Å². The Hall–Kier alpha value is -1.51. The van der Waals surface area contributed by atoms with Gasteiger partial charge in [-0.1, -0.05) is 6.92 Å². The number of carboxylic acid groups (broad SMARTS) is 1. The zero-order chi connectivity index (χ0) is 16.3. The van der Waals surface area contributed by atoms with Gasteiger partial charge in [0.1, 0.15) is 4.21 Å². The monoisotopic (exact) mass is 357 g/mol. The number of carbonyl (C=O) groups is 1. The van der Waals surface area contributed by atoms with Crippen LogP contribution in [0.5, 0.6) is 0 Å². The Bertz CT molecular complexity index is 796. The number of thiophene rings is 1. The van der Waals surface area contributed by atoms with E-state index in [0.717, 1.165) is 11.3 Å². The highest BCUT2D eigenvalue weighted by atomic mass is 32.2. The molecule has 2 aromatic rings. The summed E-state index contributed by atoms with van der Waals surface area (Å²) in [6, 6.07) is 7.68. The van der Waals surface area contributed by atoms with Crippen LogP contribution in [0.25, 0.3) is 0 Å². The highest BCUT2D eigenvalue weighted by Crippen LogP contribution is 2.30. The van der Waals surface area contributed by atoms with E-state index in [1.165, 1.54) is 41.3 Å². The number of hydrogen-bond acceptors (Lipinski definition) is 5. The third-order valence-electron chi connectivity index (χ3n) is 2.94. The standard InChI is InChI=1S/C14H15NO4S3/c1-3-10-5-7-13(21-10)22(18,19)15-11-6-4-9(14(16)17)8-12(11)20-2/h4-8,15H,3H2,1-2H3,(H,16,17). The molecule has 5 nitrogen and oxygen atoms in total. The number of benzene rings is 1. The molecule has 1 heterocycles. The minimum Gasteiger partial charge on any atom is -0.478 e. The van der Waals surface area contributed by atoms with Crippen LogP contribution in [0.4, 0.5) is 5.69 Å². The predicted octanol–water partition coefficient (Wildman–Crippen LogP) is 3.53. The summed E-state index contributed by atoms with van der Waals surface area (Å²) in [5.74, 6) is -1.05. The zero-order valence-corrected chi connectivity index (χ0v) is 14.4. The SMILES string of the molecule is CCc1ccc(S(=O)(=O)Nc2ccc(C(=O)O)cc2SC)s1. The molecule has 0 fully saturated rings. The van der Waals surface area contributed by atoms with Gasteiger partial charge in [0.2, 0.25) is 0 Å². The molecule has 0 saturated carbocycles. The number of aromatic carboxylic acids is 1. The molecule has 118 valence electrons. The fourth-order valence-electron chi connectivity index (χ4n) is 1.80. The van der Waals surface area contributed by atoms with E-state index in [9.17, 15) is 13.2 Å². The van der Waals surface area contributed by atoms with Gasteiger partial charge in [0, 0.05) is 9.77 Å². The first kappa shape index (κ1) is 16.9. The van der Waals surface area contributed by atoms with E-state index >= 15 is 0 Å². The number of sulfonamides is 1. The summed E-state index contributed by atoms with van der Waals surface area (Å²) in [4.78, 5) is 12.5. The molecule has 0 radical (unpaired) electrons. The van der Waals surface area contributed by atoms with Crippen LogP contribution in [0.2, 0.25) is 0 Å². The number of thioether (sulfide) groups is 1. The van der Waals surface area contributed by atoms with E-state index in [1.807, 2.05) is 6.92 Å². The molecule has 0 unspecified atom stereocenters. The number of anilines is 1. The molecule has 0 aliphatic rings. The van der Waals surface area contributed by atoms with Crippen molar-refractivity contribution in [2.24, 2.45) is 0 Å². The molecule has 0 aliphatic carbocycles. The molecule has 22 heavy (non-hydrogen) atoms. The number of nitrogens with one attached hydrogen (secondary N) is 1. The first-order valence-electron chi connectivity index (χ1n) is 6.40. The van der Waals surface area contributed by atoms with Crippen molar-refractivity contribution in [2.75, 3.05) is 11.0 Å². The van der Waals surface area contributed by atoms with Gasteiger partial charge in [-0.05, 0) is 43.0 Å². The lowest BCUT2D eigenvalue weighted by Crippen LogP contribution is -2.12. The summed E-state index contributed by atoms with van der Waals surface area (Å²) >= 11 is 2.51. The van der Waals surface area contributed by atoms with Gasteiger partial charge in [-0.15, -0.1) is 23.1 Å². The zero-order valence-electron chi connectivity index (χ0n) is 12.0. The van der Waals surface area contributed by atoms with E-state index in [2.05, 4.69) is 4.72 Å². The largest absolute Gasteiger partial charge is 0.478 e. The first-order valence-corrected chi connectivity index (χ1v) is 9.92. The quantitative estimate of drug-likeness (QED) is 0.773. The van der Waals surface area contributed by atoms with Crippen LogP contribution >= 0.6 is 23.1 Å². The summed E-state index contributed by atoms with van der Waals surface area (Å²) in [5.41, 5.74) is 0.501. The van der Waals surface area contributed by atoms with Crippen LogP contribution < -0.4 is 4.72 Å². The molecule has 2 N–H and O–H groups in total. The first-order chi connectivity index (χ1) is 10.4. The van der Waals surface area contributed by atoms with Crippen LogP contribution in [0.3, 0.4) is 0 Å². The van der Waals surface area contributed by atoms with E-state index in [0.29, 0.717) is 10.6 Å². The maximum atomic E-state index is 12.4. The van der Waals surface area contributed by atoms with Gasteiger partial charge < -0.3 is 5.11 Å². The Kier molecular flexibility index (Phi) is 5.15. The molecule has 1 aromatic carbocycles. The van der Waals surface area contributed by atoms with Crippen LogP contribution in [-0.2, 0) is 16.4 Å². The molecular weight excluding hydrogens is 342 g/mol. The molecule has 0 aliphatic heterocycles. The van der Waals surface area contributed by atoms with Gasteiger partial charge in [0.15, 0.2) is 0 Å². The second-order valence-electron chi connectivity index (χ2n) is 4.40. The van der Waals surface area contributed by atoms with Crippen LogP contribution in [0.15, 0.2) is 39.4 Å². The van der Waals surface area contributed by atoms with Gasteiger partial charge in [-0.25, -0.2) is 13.2 Å². The molecule has 2 rings (SSSR count). The fourth-order valence-corrected chi connectivity index (χ4v) is 4.82. The molecule has 0 saturated heterocycles. The molecule has 0 amide bonds. The normalized spacial score (nSPS) is 11.4. The van der Waals surface area contributed by atoms with Gasteiger partial charge in [-0.3, -0.25) is 4.72 Å². The third-order valence-corrected chi connectivity index (χ3v) is 6.81. The lowest BCUT2D eigenvalue weighted by molar-refractivity contribution is 0.0696. The van der Waals surface area contributed by atoms with Crippen molar-refractivity contribution in [3.63, 3.8) is 0 Å². The number of carboxylic acids is 1. The highest BCUT2D eigenvalue weighted by Gasteiger charge is 2.19. The third kappa shape index (κ3) is 3.63. The summed E-state index contributed by atoms with van der Waals surface area (Å²) in [6.07, 6.45) is 2.54. The molecule has 0 atom stereocenters. The summed E-state index contributed by atoms with van der Waals surface area (Å²) < 4.78 is 27.6. The maximum absolute atomic E-state index is 12.4. The van der Waals surface area contributed by atoms with Gasteiger partial charge >= 0.3 is 5.97 Å². The second-order valence-corrected chi connectivity index (χ2v) is 8.33. The van der Waals surface area contributed by atoms with E-state index < -0.39 is 16.0 Å². The lowest BCUT2D eigenvalue weighted by atomic mass is 10.2. The topological polar surface area (TPSA) is 83.5 Å². The Morgan fingerprint density at radius 2 is 2.05 bits per heavy atom. The lowest BCUT2D eigenvalue weighted by Gasteiger charge is -2.11. The number of hydrogen-bond donors (Lipinski definition) is 2. The minimum absolute atomic E-state index is 0.122. The van der Waals surface area contributed by atoms with Crippen molar-refractivity contribution >= 4 is 44.8 Å². The van der Waals surface area contributed by atoms with Crippen LogP contribution in [0.1, 0.15) is 22.2 Å². The predicted molar refractivity (Wildman–Crippen MR) is 89.7 cm³/mol. The molecule has 1 aromatic heterocycles. The summed E-state index contributed by atoms with van der Waals surface area (Å²) in [7, 11) is -3.66. The molecular formula is C14H15NO4S3. The maximum Gasteiger partial charge on any atom is 0.335 e. The van der Waals surface area contributed by atoms with Gasteiger partial charge in [-0.2, -0.15) is 0 Å². The smallest absolute Gasteiger partial charge is 0.335 e. The van der Waals surface area contributed by atoms with Crippen molar-refractivity contribution in [2.45, 2.75) is 22.4 Å². The van der Waals surface area contributed by atoms with E-state index in [-0.39, 0.29) is 9.77 Å². The van der Waals surface area contributed by atoms with Gasteiger partial charge in [0.05, 0.1) is 11.3 Å². The summed E-state index contributed by atoms with van der Waals surface area (Å²) in [5, 5.41) is 8.99. The van der Waals surface area contributed by atoms with E-state index in [4.69, 9.17) is 5.11 Å². The second kappa shape index (κ2) is 6.72. The average molecular weight is 357 g/mol. The fraction of sp³-hybridized carbons (Fsp3) is 0.214. The van der Waals surface area contributed by atoms with Crippen molar-refractivity contribution in [3.8, 4) is 0 Å². The highest BCUT2D eigenvalue weighted by molar-refractivity contribution is 7.99. The average Bonchev–Trinajstić information content (AvgIpc) is 2.97. The Balaban J connectivity index is 2.35. The van der Waals surface area contributed by atoms with Crippen LogP contribution in [-0.4, -0.2) is 25.7 Å². The van der Waals surface area contributed by atoms with Crippen molar-refractivity contribution in [1.29, 1.82) is 0 Å². The molecule has 0 spiro atoms. The molecule has 0 bridgehead atoms. The number of rotatable bonds is 6. The summed E-state index contributed by atoms with van der Waals surface area (Å²) in [6.45, 7) is 1.96. The number of aryl methyl sites for hydroxylation is 1. The van der Waals surface area contributed by atoms with Gasteiger partial charge in [0.25, 0.3) is 10.0 Å². The van der Waals surface area contributed by atoms with Crippen LogP contribution in [0, 0.1) is 0 Å². The minimum atomic E-state index is -3.66. The van der Waals surface area contributed by atoms with Crippen molar-refractivity contribution in [3.05, 3.63) is 40.8 Å².